The maximum Gasteiger partial charge on any atom is 0.207 e. The van der Waals surface area contributed by atoms with Crippen molar-refractivity contribution in [2.24, 2.45) is 0 Å². The molecule has 32 heavy (non-hydrogen) atoms. The second kappa shape index (κ2) is 10.9. The van der Waals surface area contributed by atoms with E-state index in [9.17, 15) is 18.7 Å². The number of halogens is 2. The summed E-state index contributed by atoms with van der Waals surface area (Å²) in [7, 11) is 0. The molecule has 0 saturated heterocycles. The van der Waals surface area contributed by atoms with Gasteiger partial charge in [-0.2, -0.15) is 4.39 Å². The molecule has 0 aliphatic heterocycles. The molecule has 0 atom stereocenters. The third kappa shape index (κ3) is 5.52. The number of hydrogen-bond donors (Lipinski definition) is 1. The second-order valence-electron chi connectivity index (χ2n) is 7.78. The molecular weight excluding hydrogens is 410 g/mol. The number of Topliss-reactive ketones (excluding diaryl/α,β-unsaturated/α-hetero) is 1. The van der Waals surface area contributed by atoms with Crippen molar-refractivity contribution in [1.29, 1.82) is 0 Å². The number of aryl methyl sites for hydroxylation is 1. The van der Waals surface area contributed by atoms with Gasteiger partial charge in [0.2, 0.25) is 5.82 Å². The van der Waals surface area contributed by atoms with Gasteiger partial charge in [0.25, 0.3) is 0 Å². The van der Waals surface area contributed by atoms with Crippen LogP contribution in [0.1, 0.15) is 54.6 Å². The molecule has 0 radical (unpaired) electrons. The number of unbranched alkanes of at least 4 members (excludes halogenated alkanes) is 2. The molecular formula is C27H28F2O3. The SMILES string of the molecule is CCCCCc1ccc(-c2ccc(CC(=O)c3ccc(OCC)c(F)c3O)cc2F)cc1. The molecule has 0 heterocycles. The molecule has 5 heteroatoms. The van der Waals surface area contributed by atoms with Crippen molar-refractivity contribution < 1.29 is 23.4 Å². The number of ether oxygens (including phenoxy) is 1. The van der Waals surface area contributed by atoms with E-state index in [0.29, 0.717) is 11.1 Å². The predicted octanol–water partition coefficient (Wildman–Crippen LogP) is 6.89. The molecule has 0 aliphatic carbocycles. The van der Waals surface area contributed by atoms with Gasteiger partial charge >= 0.3 is 0 Å². The molecule has 3 aromatic carbocycles. The molecule has 1 N–H and O–H groups in total. The molecule has 3 nitrogen and oxygen atoms in total. The van der Waals surface area contributed by atoms with Gasteiger partial charge in [-0.05, 0) is 54.7 Å². The molecule has 0 fully saturated rings. The summed E-state index contributed by atoms with van der Waals surface area (Å²) in [6.45, 7) is 4.09. The first-order chi connectivity index (χ1) is 15.4. The van der Waals surface area contributed by atoms with Gasteiger partial charge in [-0.1, -0.05) is 56.2 Å². The van der Waals surface area contributed by atoms with E-state index in [1.807, 2.05) is 24.3 Å². The lowest BCUT2D eigenvalue weighted by Gasteiger charge is -2.10. The highest BCUT2D eigenvalue weighted by molar-refractivity contribution is 6.00. The van der Waals surface area contributed by atoms with Crippen LogP contribution in [0.5, 0.6) is 11.5 Å². The number of carbonyl (C=O) groups excluding carboxylic acids is 1. The van der Waals surface area contributed by atoms with E-state index in [-0.39, 0.29) is 24.3 Å². The molecule has 3 aromatic rings. The Labute approximate surface area is 187 Å². The Kier molecular flexibility index (Phi) is 7.98. The quantitative estimate of drug-likeness (QED) is 0.277. The lowest BCUT2D eigenvalue weighted by atomic mass is 9.97. The van der Waals surface area contributed by atoms with Crippen LogP contribution in [-0.2, 0) is 12.8 Å². The average Bonchev–Trinajstić information content (AvgIpc) is 2.78. The van der Waals surface area contributed by atoms with E-state index < -0.39 is 23.2 Å². The first-order valence-electron chi connectivity index (χ1n) is 11.0. The van der Waals surface area contributed by atoms with Crippen molar-refractivity contribution in [3.8, 4) is 22.6 Å². The summed E-state index contributed by atoms with van der Waals surface area (Å²) in [6.07, 6.45) is 4.36. The molecule has 0 spiro atoms. The highest BCUT2D eigenvalue weighted by Crippen LogP contribution is 2.31. The third-order valence-electron chi connectivity index (χ3n) is 5.41. The number of ketones is 1. The van der Waals surface area contributed by atoms with E-state index in [1.54, 1.807) is 19.1 Å². The van der Waals surface area contributed by atoms with Gasteiger partial charge < -0.3 is 9.84 Å². The zero-order valence-electron chi connectivity index (χ0n) is 18.5. The summed E-state index contributed by atoms with van der Waals surface area (Å²) < 4.78 is 34.0. The summed E-state index contributed by atoms with van der Waals surface area (Å²) in [4.78, 5) is 12.6. The average molecular weight is 439 g/mol. The fourth-order valence-corrected chi connectivity index (χ4v) is 3.65. The van der Waals surface area contributed by atoms with E-state index in [2.05, 4.69) is 6.92 Å². The van der Waals surface area contributed by atoms with Gasteiger partial charge in [0.15, 0.2) is 17.3 Å². The van der Waals surface area contributed by atoms with Crippen LogP contribution in [0.3, 0.4) is 0 Å². The van der Waals surface area contributed by atoms with Crippen molar-refractivity contribution in [3.63, 3.8) is 0 Å². The normalized spacial score (nSPS) is 10.9. The van der Waals surface area contributed by atoms with Crippen LogP contribution >= 0.6 is 0 Å². The minimum absolute atomic E-state index is 0.117. The first-order valence-corrected chi connectivity index (χ1v) is 11.0. The zero-order valence-corrected chi connectivity index (χ0v) is 18.5. The van der Waals surface area contributed by atoms with Crippen LogP contribution in [0.25, 0.3) is 11.1 Å². The lowest BCUT2D eigenvalue weighted by Crippen LogP contribution is -2.06. The summed E-state index contributed by atoms with van der Waals surface area (Å²) in [6, 6.07) is 15.1. The lowest BCUT2D eigenvalue weighted by molar-refractivity contribution is 0.0989. The largest absolute Gasteiger partial charge is 0.504 e. The smallest absolute Gasteiger partial charge is 0.207 e. The maximum atomic E-state index is 14.8. The van der Waals surface area contributed by atoms with Gasteiger partial charge in [-0.15, -0.1) is 0 Å². The summed E-state index contributed by atoms with van der Waals surface area (Å²) in [5, 5.41) is 10.0. The molecule has 0 saturated carbocycles. The number of rotatable bonds is 10. The molecule has 0 amide bonds. The van der Waals surface area contributed by atoms with Crippen LogP contribution in [0.2, 0.25) is 0 Å². The molecule has 0 aromatic heterocycles. The Morgan fingerprint density at radius 3 is 2.31 bits per heavy atom. The number of benzene rings is 3. The van der Waals surface area contributed by atoms with Crippen molar-refractivity contribution >= 4 is 5.78 Å². The zero-order chi connectivity index (χ0) is 23.1. The van der Waals surface area contributed by atoms with Crippen LogP contribution in [-0.4, -0.2) is 17.5 Å². The minimum Gasteiger partial charge on any atom is -0.504 e. The first kappa shape index (κ1) is 23.5. The Hall–Kier alpha value is -3.21. The van der Waals surface area contributed by atoms with Crippen LogP contribution < -0.4 is 4.74 Å². The van der Waals surface area contributed by atoms with E-state index in [1.165, 1.54) is 36.6 Å². The molecule has 168 valence electrons. The minimum atomic E-state index is -0.975. The van der Waals surface area contributed by atoms with Gasteiger partial charge in [0.1, 0.15) is 5.82 Å². The van der Waals surface area contributed by atoms with Crippen LogP contribution in [0, 0.1) is 11.6 Å². The summed E-state index contributed by atoms with van der Waals surface area (Å²) >= 11 is 0. The molecule has 0 aliphatic rings. The Morgan fingerprint density at radius 1 is 0.938 bits per heavy atom. The Balaban J connectivity index is 1.73. The molecule has 0 unspecified atom stereocenters. The topological polar surface area (TPSA) is 46.5 Å². The fraction of sp³-hybridized carbons (Fsp3) is 0.296. The molecule has 3 rings (SSSR count). The maximum absolute atomic E-state index is 14.8. The number of aromatic hydroxyl groups is 1. The van der Waals surface area contributed by atoms with Gasteiger partial charge in [-0.3, -0.25) is 4.79 Å². The summed E-state index contributed by atoms with van der Waals surface area (Å²) in [5.41, 5.74) is 2.74. The molecule has 0 bridgehead atoms. The van der Waals surface area contributed by atoms with Crippen molar-refractivity contribution in [2.75, 3.05) is 6.61 Å². The van der Waals surface area contributed by atoms with E-state index >= 15 is 0 Å². The highest BCUT2D eigenvalue weighted by Gasteiger charge is 2.19. The predicted molar refractivity (Wildman–Crippen MR) is 122 cm³/mol. The monoisotopic (exact) mass is 438 g/mol. The van der Waals surface area contributed by atoms with Crippen LogP contribution in [0.15, 0.2) is 54.6 Å². The standard InChI is InChI=1S/C27H28F2O3/c1-3-5-6-7-18-8-11-20(12-9-18)21-13-10-19(16-23(21)28)17-24(30)22-14-15-25(32-4-2)26(29)27(22)31/h8-16,31H,3-7,17H2,1-2H3. The van der Waals surface area contributed by atoms with Crippen molar-refractivity contribution in [2.45, 2.75) is 46.0 Å². The van der Waals surface area contributed by atoms with Gasteiger partial charge in [0.05, 0.1) is 12.2 Å². The van der Waals surface area contributed by atoms with E-state index in [4.69, 9.17) is 4.74 Å². The van der Waals surface area contributed by atoms with Crippen LogP contribution in [0.4, 0.5) is 8.78 Å². The van der Waals surface area contributed by atoms with Gasteiger partial charge in [0, 0.05) is 12.0 Å². The third-order valence-corrected chi connectivity index (χ3v) is 5.41. The van der Waals surface area contributed by atoms with E-state index in [0.717, 1.165) is 18.4 Å². The second-order valence-corrected chi connectivity index (χ2v) is 7.78. The number of carbonyl (C=O) groups is 1. The van der Waals surface area contributed by atoms with Crippen molar-refractivity contribution in [3.05, 3.63) is 82.9 Å². The summed E-state index contributed by atoms with van der Waals surface area (Å²) in [5.74, 6) is -2.79. The number of phenols is 1. The van der Waals surface area contributed by atoms with Gasteiger partial charge in [-0.25, -0.2) is 4.39 Å². The highest BCUT2D eigenvalue weighted by atomic mass is 19.1. The number of hydrogen-bond acceptors (Lipinski definition) is 3. The fourth-order valence-electron chi connectivity index (χ4n) is 3.65. The Bertz CT molecular complexity index is 1080. The van der Waals surface area contributed by atoms with Crippen molar-refractivity contribution in [1.82, 2.24) is 0 Å². The Morgan fingerprint density at radius 2 is 1.66 bits per heavy atom. The number of phenolic OH excluding ortho intramolecular Hbond substituents is 1.